The van der Waals surface area contributed by atoms with Gasteiger partial charge in [0.1, 0.15) is 17.7 Å². The lowest BCUT2D eigenvalue weighted by Crippen LogP contribution is -2.40. The maximum absolute atomic E-state index is 12.3. The second-order valence-corrected chi connectivity index (χ2v) is 5.56. The molecular weight excluding hydrogens is 300 g/mol. The van der Waals surface area contributed by atoms with Gasteiger partial charge in [-0.05, 0) is 30.5 Å². The number of rotatable bonds is 4. The highest BCUT2D eigenvalue weighted by Crippen LogP contribution is 2.30. The zero-order valence-corrected chi connectivity index (χ0v) is 12.9. The van der Waals surface area contributed by atoms with Crippen molar-refractivity contribution in [1.29, 1.82) is 0 Å². The second-order valence-electron chi connectivity index (χ2n) is 4.77. The lowest BCUT2D eigenvalue weighted by molar-refractivity contribution is 0.0787. The normalized spacial score (nSPS) is 16.1. The molecule has 0 bridgehead atoms. The van der Waals surface area contributed by atoms with Crippen LogP contribution in [-0.4, -0.2) is 36.4 Å². The third kappa shape index (κ3) is 3.17. The maximum atomic E-state index is 12.3. The summed E-state index contributed by atoms with van der Waals surface area (Å²) in [6.45, 7) is 0.801. The Kier molecular flexibility index (Phi) is 4.48. The number of nitrogens with zero attached hydrogens (tertiary/aromatic N) is 1. The van der Waals surface area contributed by atoms with Gasteiger partial charge in [-0.15, -0.1) is 11.8 Å². The van der Waals surface area contributed by atoms with Gasteiger partial charge in [-0.25, -0.2) is 4.98 Å². The van der Waals surface area contributed by atoms with Crippen LogP contribution in [0.25, 0.3) is 0 Å². The van der Waals surface area contributed by atoms with Crippen molar-refractivity contribution in [2.45, 2.75) is 11.1 Å². The van der Waals surface area contributed by atoms with Gasteiger partial charge >= 0.3 is 0 Å². The second kappa shape index (κ2) is 6.70. The molecule has 3 rings (SSSR count). The molecule has 1 aromatic carbocycles. The lowest BCUT2D eigenvalue weighted by atomic mass is 10.2. The Bertz CT molecular complexity index is 678. The van der Waals surface area contributed by atoms with Crippen LogP contribution >= 0.6 is 11.8 Å². The van der Waals surface area contributed by atoms with Crippen molar-refractivity contribution in [3.63, 3.8) is 0 Å². The Labute approximate surface area is 133 Å². The molecule has 0 spiro atoms. The van der Waals surface area contributed by atoms with Crippen molar-refractivity contribution in [2.75, 3.05) is 19.4 Å². The number of carbonyl (C=O) groups is 1. The predicted octanol–water partition coefficient (Wildman–Crippen LogP) is 2.37. The number of hydrogen-bond acceptors (Lipinski definition) is 5. The van der Waals surface area contributed by atoms with Crippen molar-refractivity contribution < 1.29 is 14.3 Å². The Morgan fingerprint density at radius 3 is 2.95 bits per heavy atom. The number of pyridine rings is 1. The van der Waals surface area contributed by atoms with Crippen LogP contribution < -0.4 is 14.8 Å². The van der Waals surface area contributed by atoms with Crippen LogP contribution in [0.3, 0.4) is 0 Å². The van der Waals surface area contributed by atoms with Gasteiger partial charge in [0.2, 0.25) is 0 Å². The summed E-state index contributed by atoms with van der Waals surface area (Å²) in [5, 5.41) is 3.59. The summed E-state index contributed by atoms with van der Waals surface area (Å²) in [6, 6.07) is 11.0. The lowest BCUT2D eigenvalue weighted by Gasteiger charge is -2.26. The Hall–Kier alpha value is -2.21. The van der Waals surface area contributed by atoms with Crippen molar-refractivity contribution in [3.05, 3.63) is 48.2 Å². The molecule has 1 aromatic heterocycles. The van der Waals surface area contributed by atoms with E-state index in [1.54, 1.807) is 18.3 Å². The fourth-order valence-electron chi connectivity index (χ4n) is 2.19. The molecule has 2 heterocycles. The van der Waals surface area contributed by atoms with Crippen LogP contribution in [0.5, 0.6) is 11.5 Å². The SMILES string of the molecule is CSc1ncccc1C(=O)NC[C@@H]1COc2ccccc2O1. The molecule has 0 aliphatic carbocycles. The van der Waals surface area contributed by atoms with Gasteiger partial charge in [0, 0.05) is 6.20 Å². The molecular formula is C16H16N2O3S. The summed E-state index contributed by atoms with van der Waals surface area (Å²) in [7, 11) is 0. The molecule has 114 valence electrons. The van der Waals surface area contributed by atoms with E-state index in [9.17, 15) is 4.79 Å². The quantitative estimate of drug-likeness (QED) is 0.878. The molecule has 0 fully saturated rings. The number of hydrogen-bond donors (Lipinski definition) is 1. The third-order valence-electron chi connectivity index (χ3n) is 3.27. The van der Waals surface area contributed by atoms with Gasteiger partial charge < -0.3 is 14.8 Å². The van der Waals surface area contributed by atoms with Crippen LogP contribution in [0.1, 0.15) is 10.4 Å². The van der Waals surface area contributed by atoms with Crippen molar-refractivity contribution >= 4 is 17.7 Å². The molecule has 0 unspecified atom stereocenters. The average Bonchev–Trinajstić information content (AvgIpc) is 2.59. The standard InChI is InChI=1S/C16H16N2O3S/c1-22-16-12(5-4-8-17-16)15(19)18-9-11-10-20-13-6-2-3-7-14(13)21-11/h2-8,11H,9-10H2,1H3,(H,18,19)/t11-/m1/s1. The minimum Gasteiger partial charge on any atom is -0.486 e. The van der Waals surface area contributed by atoms with E-state index in [-0.39, 0.29) is 12.0 Å². The molecule has 6 heteroatoms. The number of benzene rings is 1. The smallest absolute Gasteiger partial charge is 0.254 e. The molecule has 1 atom stereocenters. The highest BCUT2D eigenvalue weighted by Gasteiger charge is 2.21. The molecule has 1 aliphatic rings. The number of para-hydroxylation sites is 2. The largest absolute Gasteiger partial charge is 0.486 e. The molecule has 1 N–H and O–H groups in total. The molecule has 2 aromatic rings. The first-order valence-electron chi connectivity index (χ1n) is 6.93. The van der Waals surface area contributed by atoms with E-state index in [2.05, 4.69) is 10.3 Å². The van der Waals surface area contributed by atoms with E-state index in [1.165, 1.54) is 11.8 Å². The number of nitrogens with one attached hydrogen (secondary N) is 1. The minimum atomic E-state index is -0.201. The fourth-order valence-corrected chi connectivity index (χ4v) is 2.74. The minimum absolute atomic E-state index is 0.153. The predicted molar refractivity (Wildman–Crippen MR) is 84.7 cm³/mol. The number of amides is 1. The summed E-state index contributed by atoms with van der Waals surface area (Å²) >= 11 is 1.45. The van der Waals surface area contributed by atoms with Crippen LogP contribution in [0.15, 0.2) is 47.6 Å². The maximum Gasteiger partial charge on any atom is 0.254 e. The van der Waals surface area contributed by atoms with Gasteiger partial charge in [-0.3, -0.25) is 4.79 Å². The molecule has 0 radical (unpaired) electrons. The number of thioether (sulfide) groups is 1. The highest BCUT2D eigenvalue weighted by atomic mass is 32.2. The zero-order valence-electron chi connectivity index (χ0n) is 12.1. The van der Waals surface area contributed by atoms with E-state index in [0.29, 0.717) is 29.5 Å². The topological polar surface area (TPSA) is 60.5 Å². The van der Waals surface area contributed by atoms with Crippen LogP contribution in [0.2, 0.25) is 0 Å². The third-order valence-corrected chi connectivity index (χ3v) is 3.98. The van der Waals surface area contributed by atoms with Gasteiger partial charge in [-0.2, -0.15) is 0 Å². The molecule has 0 saturated carbocycles. The van der Waals surface area contributed by atoms with Crippen molar-refractivity contribution in [3.8, 4) is 11.5 Å². The Morgan fingerprint density at radius 2 is 2.14 bits per heavy atom. The monoisotopic (exact) mass is 316 g/mol. The summed E-state index contributed by atoms with van der Waals surface area (Å²) in [4.78, 5) is 16.4. The summed E-state index contributed by atoms with van der Waals surface area (Å²) in [5.74, 6) is 1.29. The first-order chi connectivity index (χ1) is 10.8. The van der Waals surface area contributed by atoms with Gasteiger partial charge in [-0.1, -0.05) is 12.1 Å². The van der Waals surface area contributed by atoms with Crippen LogP contribution in [0.4, 0.5) is 0 Å². The van der Waals surface area contributed by atoms with Crippen molar-refractivity contribution in [2.24, 2.45) is 0 Å². The first kappa shape index (κ1) is 14.7. The Morgan fingerprint density at radius 1 is 1.32 bits per heavy atom. The van der Waals surface area contributed by atoms with E-state index in [4.69, 9.17) is 9.47 Å². The summed E-state index contributed by atoms with van der Waals surface area (Å²) in [6.07, 6.45) is 3.37. The average molecular weight is 316 g/mol. The summed E-state index contributed by atoms with van der Waals surface area (Å²) in [5.41, 5.74) is 0.576. The number of carbonyl (C=O) groups excluding carboxylic acids is 1. The Balaban J connectivity index is 1.60. The fraction of sp³-hybridized carbons (Fsp3) is 0.250. The molecule has 1 amide bonds. The van der Waals surface area contributed by atoms with E-state index in [1.807, 2.05) is 30.5 Å². The van der Waals surface area contributed by atoms with E-state index >= 15 is 0 Å². The number of aromatic nitrogens is 1. The highest BCUT2D eigenvalue weighted by molar-refractivity contribution is 7.98. The first-order valence-corrected chi connectivity index (χ1v) is 8.16. The van der Waals surface area contributed by atoms with E-state index in [0.717, 1.165) is 5.75 Å². The van der Waals surface area contributed by atoms with E-state index < -0.39 is 0 Å². The number of ether oxygens (including phenoxy) is 2. The molecule has 5 nitrogen and oxygen atoms in total. The molecule has 0 saturated heterocycles. The molecule has 1 aliphatic heterocycles. The summed E-state index contributed by atoms with van der Waals surface area (Å²) < 4.78 is 11.4. The van der Waals surface area contributed by atoms with Gasteiger partial charge in [0.25, 0.3) is 5.91 Å². The molecule has 22 heavy (non-hydrogen) atoms. The zero-order chi connectivity index (χ0) is 15.4. The van der Waals surface area contributed by atoms with Crippen LogP contribution in [-0.2, 0) is 0 Å². The van der Waals surface area contributed by atoms with Crippen LogP contribution in [0, 0.1) is 0 Å². The van der Waals surface area contributed by atoms with Gasteiger partial charge in [0.05, 0.1) is 12.1 Å². The van der Waals surface area contributed by atoms with Gasteiger partial charge in [0.15, 0.2) is 11.5 Å². The number of fused-ring (bicyclic) bond motifs is 1. The van der Waals surface area contributed by atoms with Crippen molar-refractivity contribution in [1.82, 2.24) is 10.3 Å².